The topological polar surface area (TPSA) is 75.3 Å². The van der Waals surface area contributed by atoms with E-state index in [0.29, 0.717) is 5.92 Å². The molecule has 19 heavy (non-hydrogen) atoms. The van der Waals surface area contributed by atoms with Gasteiger partial charge in [-0.1, -0.05) is 6.92 Å². The first-order valence-corrected chi connectivity index (χ1v) is 6.91. The van der Waals surface area contributed by atoms with Crippen molar-refractivity contribution in [2.24, 2.45) is 0 Å². The first kappa shape index (κ1) is 12.3. The fourth-order valence-electron chi connectivity index (χ4n) is 2.22. The largest absolute Gasteiger partial charge is 0.396 e. The molecule has 2 aromatic heterocycles. The molecule has 2 aromatic rings. The summed E-state index contributed by atoms with van der Waals surface area (Å²) >= 11 is 0. The van der Waals surface area contributed by atoms with Crippen molar-refractivity contribution < 1.29 is 5.11 Å². The lowest BCUT2D eigenvalue weighted by Crippen LogP contribution is -2.21. The van der Waals surface area contributed by atoms with Gasteiger partial charge in [-0.25, -0.2) is 0 Å². The summed E-state index contributed by atoms with van der Waals surface area (Å²) in [7, 11) is 0. The third kappa shape index (κ3) is 2.53. The van der Waals surface area contributed by atoms with Crippen LogP contribution in [0.3, 0.4) is 0 Å². The van der Waals surface area contributed by atoms with Crippen LogP contribution in [0.4, 0.5) is 5.82 Å². The minimum absolute atomic E-state index is 0.188. The van der Waals surface area contributed by atoms with E-state index >= 15 is 0 Å². The number of hydrogen-bond donors (Lipinski definition) is 2. The lowest BCUT2D eigenvalue weighted by molar-refractivity contribution is 0.278. The standard InChI is InChI=1S/C13H19N5O/c1-2-10(7-8-19)14-11-5-6-12-15-16-13(9-3-4-9)18(12)17-11/h5-6,9-10,19H,2-4,7-8H2,1H3,(H,14,17). The Hall–Kier alpha value is -1.69. The summed E-state index contributed by atoms with van der Waals surface area (Å²) in [5.74, 6) is 2.31. The van der Waals surface area contributed by atoms with Gasteiger partial charge in [0.2, 0.25) is 0 Å². The van der Waals surface area contributed by atoms with Crippen LogP contribution in [0.25, 0.3) is 5.65 Å². The number of aliphatic hydroxyl groups is 1. The minimum Gasteiger partial charge on any atom is -0.396 e. The van der Waals surface area contributed by atoms with Gasteiger partial charge in [0.15, 0.2) is 11.5 Å². The monoisotopic (exact) mass is 261 g/mol. The Bertz CT molecular complexity index is 563. The van der Waals surface area contributed by atoms with Crippen LogP contribution in [0, 0.1) is 0 Å². The molecule has 6 heteroatoms. The number of fused-ring (bicyclic) bond motifs is 1. The summed E-state index contributed by atoms with van der Waals surface area (Å²) in [5.41, 5.74) is 0.794. The smallest absolute Gasteiger partial charge is 0.178 e. The molecule has 0 aliphatic heterocycles. The first-order chi connectivity index (χ1) is 9.31. The summed E-state index contributed by atoms with van der Waals surface area (Å²) < 4.78 is 1.84. The molecular formula is C13H19N5O. The van der Waals surface area contributed by atoms with E-state index in [1.165, 1.54) is 12.8 Å². The van der Waals surface area contributed by atoms with Crippen molar-refractivity contribution in [1.29, 1.82) is 0 Å². The molecule has 1 aliphatic rings. The second kappa shape index (κ2) is 5.13. The Labute approximate surface area is 111 Å². The molecule has 1 unspecified atom stereocenters. The number of hydrogen-bond acceptors (Lipinski definition) is 5. The first-order valence-electron chi connectivity index (χ1n) is 6.91. The molecule has 2 N–H and O–H groups in total. The molecule has 0 aromatic carbocycles. The molecule has 6 nitrogen and oxygen atoms in total. The second-order valence-electron chi connectivity index (χ2n) is 5.08. The number of aliphatic hydroxyl groups excluding tert-OH is 1. The van der Waals surface area contributed by atoms with Gasteiger partial charge < -0.3 is 10.4 Å². The Balaban J connectivity index is 1.85. The molecule has 0 spiro atoms. The highest BCUT2D eigenvalue weighted by atomic mass is 16.3. The summed E-state index contributed by atoms with van der Waals surface area (Å²) in [6.45, 7) is 2.29. The Morgan fingerprint density at radius 2 is 2.26 bits per heavy atom. The van der Waals surface area contributed by atoms with E-state index < -0.39 is 0 Å². The van der Waals surface area contributed by atoms with Crippen LogP contribution in [-0.2, 0) is 0 Å². The van der Waals surface area contributed by atoms with E-state index in [9.17, 15) is 0 Å². The number of nitrogens with zero attached hydrogens (tertiary/aromatic N) is 4. The van der Waals surface area contributed by atoms with E-state index in [1.807, 2.05) is 16.6 Å². The molecule has 0 saturated heterocycles. The maximum absolute atomic E-state index is 9.02. The van der Waals surface area contributed by atoms with E-state index in [2.05, 4.69) is 27.5 Å². The van der Waals surface area contributed by atoms with Gasteiger partial charge in [-0.2, -0.15) is 4.52 Å². The van der Waals surface area contributed by atoms with E-state index in [0.717, 1.165) is 30.1 Å². The highest BCUT2D eigenvalue weighted by Crippen LogP contribution is 2.38. The quantitative estimate of drug-likeness (QED) is 0.825. The van der Waals surface area contributed by atoms with Gasteiger partial charge in [-0.05, 0) is 37.8 Å². The highest BCUT2D eigenvalue weighted by Gasteiger charge is 2.29. The van der Waals surface area contributed by atoms with Crippen molar-refractivity contribution in [2.75, 3.05) is 11.9 Å². The molecule has 3 rings (SSSR count). The predicted molar refractivity (Wildman–Crippen MR) is 72.2 cm³/mol. The summed E-state index contributed by atoms with van der Waals surface area (Å²) in [4.78, 5) is 0. The Morgan fingerprint density at radius 1 is 1.42 bits per heavy atom. The van der Waals surface area contributed by atoms with Crippen molar-refractivity contribution in [2.45, 2.75) is 44.6 Å². The fraction of sp³-hybridized carbons (Fsp3) is 0.615. The second-order valence-corrected chi connectivity index (χ2v) is 5.08. The zero-order valence-corrected chi connectivity index (χ0v) is 11.1. The minimum atomic E-state index is 0.188. The van der Waals surface area contributed by atoms with Crippen LogP contribution < -0.4 is 5.32 Å². The van der Waals surface area contributed by atoms with Crippen molar-refractivity contribution >= 4 is 11.5 Å². The number of anilines is 1. The Kier molecular flexibility index (Phi) is 3.33. The van der Waals surface area contributed by atoms with Crippen molar-refractivity contribution in [3.05, 3.63) is 18.0 Å². The number of aromatic nitrogens is 4. The van der Waals surface area contributed by atoms with E-state index in [1.54, 1.807) is 0 Å². The molecule has 0 bridgehead atoms. The maximum atomic E-state index is 9.02. The van der Waals surface area contributed by atoms with Crippen molar-refractivity contribution in [3.8, 4) is 0 Å². The molecule has 1 atom stereocenters. The van der Waals surface area contributed by atoms with Crippen LogP contribution in [0.15, 0.2) is 12.1 Å². The van der Waals surface area contributed by atoms with E-state index in [4.69, 9.17) is 5.11 Å². The molecule has 2 heterocycles. The van der Waals surface area contributed by atoms with Gasteiger partial charge in [-0.3, -0.25) is 0 Å². The fourth-order valence-corrected chi connectivity index (χ4v) is 2.22. The summed E-state index contributed by atoms with van der Waals surface area (Å²) in [5, 5.41) is 25.3. The number of nitrogens with one attached hydrogen (secondary N) is 1. The molecule has 1 fully saturated rings. The van der Waals surface area contributed by atoms with Gasteiger partial charge in [0.05, 0.1) is 0 Å². The third-order valence-electron chi connectivity index (χ3n) is 3.55. The summed E-state index contributed by atoms with van der Waals surface area (Å²) in [6, 6.07) is 4.09. The van der Waals surface area contributed by atoms with Crippen LogP contribution in [0.2, 0.25) is 0 Å². The van der Waals surface area contributed by atoms with Crippen LogP contribution >= 0.6 is 0 Å². The van der Waals surface area contributed by atoms with Gasteiger partial charge in [-0.15, -0.1) is 15.3 Å². The molecule has 0 amide bonds. The van der Waals surface area contributed by atoms with Crippen molar-refractivity contribution in [1.82, 2.24) is 19.8 Å². The van der Waals surface area contributed by atoms with Crippen LogP contribution in [0.5, 0.6) is 0 Å². The average molecular weight is 261 g/mol. The van der Waals surface area contributed by atoms with Gasteiger partial charge in [0.25, 0.3) is 0 Å². The lowest BCUT2D eigenvalue weighted by Gasteiger charge is -2.16. The molecule has 102 valence electrons. The maximum Gasteiger partial charge on any atom is 0.178 e. The SMILES string of the molecule is CCC(CCO)Nc1ccc2nnc(C3CC3)n2n1. The van der Waals surface area contributed by atoms with Gasteiger partial charge >= 0.3 is 0 Å². The van der Waals surface area contributed by atoms with E-state index in [-0.39, 0.29) is 12.6 Å². The molecule has 0 radical (unpaired) electrons. The van der Waals surface area contributed by atoms with Gasteiger partial charge in [0, 0.05) is 18.6 Å². The summed E-state index contributed by atoms with van der Waals surface area (Å²) in [6.07, 6.45) is 4.05. The third-order valence-corrected chi connectivity index (χ3v) is 3.55. The average Bonchev–Trinajstić information content (AvgIpc) is 3.18. The van der Waals surface area contributed by atoms with Crippen LogP contribution in [-0.4, -0.2) is 37.6 Å². The lowest BCUT2D eigenvalue weighted by atomic mass is 10.1. The highest BCUT2D eigenvalue weighted by molar-refractivity contribution is 5.45. The Morgan fingerprint density at radius 3 is 2.95 bits per heavy atom. The number of rotatable bonds is 6. The zero-order chi connectivity index (χ0) is 13.2. The zero-order valence-electron chi connectivity index (χ0n) is 11.1. The normalized spacial score (nSPS) is 16.7. The van der Waals surface area contributed by atoms with Crippen molar-refractivity contribution in [3.63, 3.8) is 0 Å². The predicted octanol–water partition coefficient (Wildman–Crippen LogP) is 1.57. The molecule has 1 saturated carbocycles. The van der Waals surface area contributed by atoms with Gasteiger partial charge in [0.1, 0.15) is 5.82 Å². The molecular weight excluding hydrogens is 242 g/mol. The van der Waals surface area contributed by atoms with Crippen LogP contribution in [0.1, 0.15) is 44.3 Å². The molecule has 1 aliphatic carbocycles.